The van der Waals surface area contributed by atoms with Gasteiger partial charge in [-0.1, -0.05) is 0 Å². The summed E-state index contributed by atoms with van der Waals surface area (Å²) in [6, 6.07) is 5.80. The fraction of sp³-hybridized carbons (Fsp3) is 0.600. The first-order chi connectivity index (χ1) is 14.1. The number of nitrogens with one attached hydrogen (secondary N) is 2. The first kappa shape index (κ1) is 21.9. The van der Waals surface area contributed by atoms with Crippen LogP contribution >= 0.6 is 12.2 Å². The highest BCUT2D eigenvalue weighted by Gasteiger charge is 2.20. The maximum atomic E-state index is 12.9. The van der Waals surface area contributed by atoms with Crippen LogP contribution in [0.25, 0.3) is 0 Å². The van der Waals surface area contributed by atoms with Gasteiger partial charge in [0.15, 0.2) is 5.11 Å². The third kappa shape index (κ3) is 7.50. The zero-order valence-corrected chi connectivity index (χ0v) is 17.6. The number of amides is 1. The molecule has 2 N–H and O–H groups in total. The molecule has 160 valence electrons. The van der Waals surface area contributed by atoms with Crippen molar-refractivity contribution in [3.8, 4) is 0 Å². The number of carbonyl (C=O) groups excluding carboxylic acids is 1. The molecule has 2 aliphatic rings. The number of anilines is 1. The monoisotopic (exact) mass is 423 g/mol. The minimum atomic E-state index is -0.315. The van der Waals surface area contributed by atoms with Gasteiger partial charge in [-0.3, -0.25) is 14.6 Å². The van der Waals surface area contributed by atoms with Crippen LogP contribution in [0.5, 0.6) is 0 Å². The van der Waals surface area contributed by atoms with Crippen molar-refractivity contribution in [2.45, 2.75) is 6.42 Å². The second kappa shape index (κ2) is 11.4. The molecular weight excluding hydrogens is 393 g/mol. The van der Waals surface area contributed by atoms with E-state index in [9.17, 15) is 9.18 Å². The van der Waals surface area contributed by atoms with Crippen molar-refractivity contribution in [1.82, 2.24) is 20.0 Å². The molecule has 1 aromatic rings. The van der Waals surface area contributed by atoms with Crippen LogP contribution in [0.1, 0.15) is 6.42 Å². The fourth-order valence-corrected chi connectivity index (χ4v) is 3.77. The highest BCUT2D eigenvalue weighted by molar-refractivity contribution is 7.80. The second-order valence-corrected chi connectivity index (χ2v) is 7.74. The van der Waals surface area contributed by atoms with Crippen molar-refractivity contribution in [2.24, 2.45) is 0 Å². The van der Waals surface area contributed by atoms with Crippen molar-refractivity contribution in [2.75, 3.05) is 77.4 Å². The number of hydrogen-bond donors (Lipinski definition) is 2. The zero-order valence-electron chi connectivity index (χ0n) is 16.7. The third-order valence-corrected chi connectivity index (χ3v) is 5.59. The lowest BCUT2D eigenvalue weighted by atomic mass is 10.3. The number of morpholine rings is 1. The molecule has 7 nitrogen and oxygen atoms in total. The van der Waals surface area contributed by atoms with Crippen LogP contribution in [0.2, 0.25) is 0 Å². The summed E-state index contributed by atoms with van der Waals surface area (Å²) in [6.07, 6.45) is 1.06. The molecule has 2 saturated heterocycles. The smallest absolute Gasteiger partial charge is 0.238 e. The van der Waals surface area contributed by atoms with E-state index in [0.717, 1.165) is 77.1 Å². The van der Waals surface area contributed by atoms with E-state index in [1.165, 1.54) is 12.1 Å². The Hall–Kier alpha value is -1.81. The summed E-state index contributed by atoms with van der Waals surface area (Å²) in [4.78, 5) is 18.9. The minimum Gasteiger partial charge on any atom is -0.379 e. The van der Waals surface area contributed by atoms with E-state index in [2.05, 4.69) is 25.3 Å². The normalized spacial score (nSPS) is 18.4. The molecule has 0 aromatic heterocycles. The number of carbonyl (C=O) groups is 1. The molecule has 1 amide bonds. The van der Waals surface area contributed by atoms with Gasteiger partial charge in [-0.05, 0) is 49.4 Å². The summed E-state index contributed by atoms with van der Waals surface area (Å²) in [7, 11) is 0. The third-order valence-electron chi connectivity index (χ3n) is 5.19. The quantitative estimate of drug-likeness (QED) is 0.501. The van der Waals surface area contributed by atoms with Crippen molar-refractivity contribution in [3.63, 3.8) is 0 Å². The van der Waals surface area contributed by atoms with E-state index in [-0.39, 0.29) is 11.7 Å². The highest BCUT2D eigenvalue weighted by atomic mass is 32.1. The number of hydrogen-bond acceptors (Lipinski definition) is 5. The summed E-state index contributed by atoms with van der Waals surface area (Å²) < 4.78 is 18.3. The van der Waals surface area contributed by atoms with Crippen LogP contribution in [0.4, 0.5) is 10.1 Å². The molecule has 1 aromatic carbocycles. The second-order valence-electron chi connectivity index (χ2n) is 7.36. The van der Waals surface area contributed by atoms with Gasteiger partial charge in [0, 0.05) is 51.5 Å². The topological polar surface area (TPSA) is 60.1 Å². The van der Waals surface area contributed by atoms with Gasteiger partial charge in [0.05, 0.1) is 19.8 Å². The lowest BCUT2D eigenvalue weighted by molar-refractivity contribution is -0.117. The molecule has 29 heavy (non-hydrogen) atoms. The lowest BCUT2D eigenvalue weighted by Gasteiger charge is -2.36. The predicted molar refractivity (Wildman–Crippen MR) is 116 cm³/mol. The maximum Gasteiger partial charge on any atom is 0.238 e. The molecule has 0 bridgehead atoms. The van der Waals surface area contributed by atoms with Gasteiger partial charge in [-0.15, -0.1) is 0 Å². The molecule has 2 heterocycles. The Bertz CT molecular complexity index is 661. The van der Waals surface area contributed by atoms with Gasteiger partial charge in [0.2, 0.25) is 5.91 Å². The number of thiocarbonyl (C=S) groups is 1. The molecule has 2 aliphatic heterocycles. The molecule has 2 fully saturated rings. The van der Waals surface area contributed by atoms with Gasteiger partial charge < -0.3 is 20.3 Å². The van der Waals surface area contributed by atoms with Gasteiger partial charge in [0.25, 0.3) is 0 Å². The first-order valence-corrected chi connectivity index (χ1v) is 10.6. The predicted octanol–water partition coefficient (Wildman–Crippen LogP) is 0.979. The number of nitrogens with zero attached hydrogens (tertiary/aromatic N) is 3. The van der Waals surface area contributed by atoms with Crippen molar-refractivity contribution in [1.29, 1.82) is 0 Å². The van der Waals surface area contributed by atoms with Crippen molar-refractivity contribution in [3.05, 3.63) is 30.1 Å². The largest absolute Gasteiger partial charge is 0.379 e. The SMILES string of the molecule is O=C(CN1CCN(C(=S)NCCCN2CCOCC2)CC1)Nc1ccc(F)cc1. The van der Waals surface area contributed by atoms with Crippen LogP contribution in [0.15, 0.2) is 24.3 Å². The molecule has 0 unspecified atom stereocenters. The average molecular weight is 424 g/mol. The number of ether oxygens (including phenoxy) is 1. The number of halogens is 1. The van der Waals surface area contributed by atoms with E-state index in [4.69, 9.17) is 17.0 Å². The van der Waals surface area contributed by atoms with Crippen molar-refractivity contribution < 1.29 is 13.9 Å². The van der Waals surface area contributed by atoms with Gasteiger partial charge in [-0.2, -0.15) is 0 Å². The van der Waals surface area contributed by atoms with Crippen LogP contribution in [-0.2, 0) is 9.53 Å². The molecule has 3 rings (SSSR count). The van der Waals surface area contributed by atoms with E-state index < -0.39 is 0 Å². The summed E-state index contributed by atoms with van der Waals surface area (Å²) >= 11 is 5.52. The molecule has 0 saturated carbocycles. The van der Waals surface area contributed by atoms with Gasteiger partial charge in [-0.25, -0.2) is 4.39 Å². The summed E-state index contributed by atoms with van der Waals surface area (Å²) in [5, 5.41) is 6.95. The van der Waals surface area contributed by atoms with E-state index in [1.807, 2.05) is 0 Å². The van der Waals surface area contributed by atoms with E-state index in [1.54, 1.807) is 12.1 Å². The number of piperazine rings is 1. The van der Waals surface area contributed by atoms with Crippen molar-refractivity contribution >= 4 is 28.9 Å². The van der Waals surface area contributed by atoms with E-state index >= 15 is 0 Å². The van der Waals surface area contributed by atoms with Gasteiger partial charge >= 0.3 is 0 Å². The Kier molecular flexibility index (Phi) is 8.60. The molecule has 0 radical (unpaired) electrons. The average Bonchev–Trinajstić information content (AvgIpc) is 2.74. The number of benzene rings is 1. The Morgan fingerprint density at radius 3 is 2.41 bits per heavy atom. The Morgan fingerprint density at radius 1 is 1.03 bits per heavy atom. The first-order valence-electron chi connectivity index (χ1n) is 10.2. The Labute approximate surface area is 177 Å². The Morgan fingerprint density at radius 2 is 1.72 bits per heavy atom. The molecule has 0 aliphatic carbocycles. The zero-order chi connectivity index (χ0) is 20.5. The molecular formula is C20H30FN5O2S. The van der Waals surface area contributed by atoms with Crippen LogP contribution in [-0.4, -0.2) is 97.8 Å². The van der Waals surface area contributed by atoms with Crippen LogP contribution in [0.3, 0.4) is 0 Å². The number of rotatable bonds is 7. The van der Waals surface area contributed by atoms with E-state index in [0.29, 0.717) is 12.2 Å². The molecule has 9 heteroatoms. The standard InChI is InChI=1S/C20H30FN5O2S/c21-17-2-4-18(5-3-17)23-19(27)16-25-8-10-26(11-9-25)20(29)22-6-1-7-24-12-14-28-15-13-24/h2-5H,1,6-16H2,(H,22,29)(H,23,27). The molecule has 0 spiro atoms. The van der Waals surface area contributed by atoms with Crippen LogP contribution in [0, 0.1) is 5.82 Å². The maximum absolute atomic E-state index is 12.9. The van der Waals surface area contributed by atoms with Gasteiger partial charge in [0.1, 0.15) is 5.82 Å². The summed E-state index contributed by atoms with van der Waals surface area (Å²) in [6.45, 7) is 9.13. The summed E-state index contributed by atoms with van der Waals surface area (Å²) in [5.74, 6) is -0.404. The minimum absolute atomic E-state index is 0.0890. The highest BCUT2D eigenvalue weighted by Crippen LogP contribution is 2.09. The molecule has 0 atom stereocenters. The lowest BCUT2D eigenvalue weighted by Crippen LogP contribution is -2.53. The van der Waals surface area contributed by atoms with Crippen LogP contribution < -0.4 is 10.6 Å². The fourth-order valence-electron chi connectivity index (χ4n) is 3.48. The summed E-state index contributed by atoms with van der Waals surface area (Å²) in [5.41, 5.74) is 0.609. The Balaban J connectivity index is 1.28.